The number of amides is 1. The van der Waals surface area contributed by atoms with E-state index in [4.69, 9.17) is 0 Å². The third-order valence-corrected chi connectivity index (χ3v) is 3.26. The maximum Gasteiger partial charge on any atom is 0.254 e. The van der Waals surface area contributed by atoms with Gasteiger partial charge in [-0.2, -0.15) is 0 Å². The molecule has 86 valence electrons. The van der Waals surface area contributed by atoms with Crippen LogP contribution in [0.1, 0.15) is 43.6 Å². The molecule has 16 heavy (non-hydrogen) atoms. The van der Waals surface area contributed by atoms with Crippen molar-refractivity contribution < 1.29 is 4.79 Å². The molecule has 0 unspecified atom stereocenters. The summed E-state index contributed by atoms with van der Waals surface area (Å²) in [5.74, 6) is 0.168. The Bertz CT molecular complexity index is 420. The highest BCUT2D eigenvalue weighted by molar-refractivity contribution is 5.97. The average molecular weight is 217 g/mol. The van der Waals surface area contributed by atoms with E-state index in [9.17, 15) is 4.79 Å². The monoisotopic (exact) mass is 217 g/mol. The van der Waals surface area contributed by atoms with Gasteiger partial charge >= 0.3 is 0 Å². The second-order valence-electron chi connectivity index (χ2n) is 5.42. The zero-order valence-electron chi connectivity index (χ0n) is 10.4. The maximum absolute atomic E-state index is 12.4. The zero-order chi connectivity index (χ0) is 11.9. The lowest BCUT2D eigenvalue weighted by molar-refractivity contribution is 0.0404. The van der Waals surface area contributed by atoms with Crippen LogP contribution < -0.4 is 0 Å². The molecule has 0 aliphatic carbocycles. The number of fused-ring (bicyclic) bond motifs is 1. The third kappa shape index (κ3) is 1.62. The molecule has 2 rings (SSSR count). The summed E-state index contributed by atoms with van der Waals surface area (Å²) in [6.07, 6.45) is 0.938. The predicted octanol–water partition coefficient (Wildman–Crippen LogP) is 2.87. The summed E-state index contributed by atoms with van der Waals surface area (Å²) >= 11 is 0. The normalized spacial score (nSPS) is 18.8. The maximum atomic E-state index is 12.4. The lowest BCUT2D eigenvalue weighted by atomic mass is 9.84. The van der Waals surface area contributed by atoms with E-state index in [1.165, 1.54) is 5.56 Å². The van der Waals surface area contributed by atoms with Crippen LogP contribution in [0.25, 0.3) is 0 Å². The molecule has 2 heteroatoms. The largest absolute Gasteiger partial charge is 0.331 e. The molecule has 1 aliphatic heterocycles. The van der Waals surface area contributed by atoms with E-state index in [-0.39, 0.29) is 17.5 Å². The van der Waals surface area contributed by atoms with Gasteiger partial charge in [-0.3, -0.25) is 4.79 Å². The van der Waals surface area contributed by atoms with Crippen molar-refractivity contribution in [1.29, 1.82) is 0 Å². The number of benzene rings is 1. The smallest absolute Gasteiger partial charge is 0.254 e. The molecule has 0 bridgehead atoms. The van der Waals surface area contributed by atoms with E-state index in [2.05, 4.69) is 33.8 Å². The molecule has 0 aromatic heterocycles. The molecule has 1 aromatic carbocycles. The standard InChI is InChI=1S/C14H19NO/c1-10(2)15-13(16)12-8-6-5-7-11(12)9-14(15,3)4/h5-8,10H,9H2,1-4H3. The first kappa shape index (κ1) is 11.2. The van der Waals surface area contributed by atoms with Crippen molar-refractivity contribution >= 4 is 5.91 Å². The number of carbonyl (C=O) groups excluding carboxylic acids is 1. The molecule has 1 aromatic rings. The van der Waals surface area contributed by atoms with Crippen LogP contribution in [0, 0.1) is 0 Å². The van der Waals surface area contributed by atoms with E-state index in [0.29, 0.717) is 0 Å². The van der Waals surface area contributed by atoms with Gasteiger partial charge in [0, 0.05) is 17.1 Å². The van der Waals surface area contributed by atoms with Crippen molar-refractivity contribution in [2.45, 2.75) is 45.7 Å². The lowest BCUT2D eigenvalue weighted by Gasteiger charge is -2.45. The van der Waals surface area contributed by atoms with E-state index < -0.39 is 0 Å². The van der Waals surface area contributed by atoms with E-state index >= 15 is 0 Å². The van der Waals surface area contributed by atoms with Crippen LogP contribution in [0.2, 0.25) is 0 Å². The number of rotatable bonds is 1. The summed E-state index contributed by atoms with van der Waals surface area (Å²) in [4.78, 5) is 14.4. The fourth-order valence-electron chi connectivity index (χ4n) is 2.77. The van der Waals surface area contributed by atoms with Gasteiger partial charge in [-0.25, -0.2) is 0 Å². The van der Waals surface area contributed by atoms with Gasteiger partial charge in [0.25, 0.3) is 5.91 Å². The van der Waals surface area contributed by atoms with E-state index in [1.54, 1.807) is 0 Å². The van der Waals surface area contributed by atoms with Crippen molar-refractivity contribution in [1.82, 2.24) is 4.90 Å². The molecular weight excluding hydrogens is 198 g/mol. The minimum atomic E-state index is -0.0837. The Labute approximate surface area is 97.3 Å². The highest BCUT2D eigenvalue weighted by atomic mass is 16.2. The molecule has 1 amide bonds. The second-order valence-corrected chi connectivity index (χ2v) is 5.42. The van der Waals surface area contributed by atoms with Crippen LogP contribution in [0.3, 0.4) is 0 Å². The third-order valence-electron chi connectivity index (χ3n) is 3.26. The molecule has 2 nitrogen and oxygen atoms in total. The zero-order valence-corrected chi connectivity index (χ0v) is 10.4. The Morgan fingerprint density at radius 2 is 1.88 bits per heavy atom. The van der Waals surface area contributed by atoms with Crippen LogP contribution in [-0.2, 0) is 6.42 Å². The van der Waals surface area contributed by atoms with Crippen LogP contribution in [0.5, 0.6) is 0 Å². The summed E-state index contributed by atoms with van der Waals surface area (Å²) in [7, 11) is 0. The number of hydrogen-bond donors (Lipinski definition) is 0. The highest BCUT2D eigenvalue weighted by Gasteiger charge is 2.38. The lowest BCUT2D eigenvalue weighted by Crippen LogP contribution is -2.55. The van der Waals surface area contributed by atoms with Gasteiger partial charge in [0.1, 0.15) is 0 Å². The predicted molar refractivity (Wildman–Crippen MR) is 65.5 cm³/mol. The van der Waals surface area contributed by atoms with Crippen molar-refractivity contribution in [3.8, 4) is 0 Å². The number of carbonyl (C=O) groups is 1. The topological polar surface area (TPSA) is 20.3 Å². The van der Waals surface area contributed by atoms with Crippen LogP contribution in [-0.4, -0.2) is 22.4 Å². The molecule has 1 heterocycles. The minimum Gasteiger partial charge on any atom is -0.331 e. The Balaban J connectivity index is 2.51. The summed E-state index contributed by atoms with van der Waals surface area (Å²) < 4.78 is 0. The SMILES string of the molecule is CC(C)N1C(=O)c2ccccc2CC1(C)C. The summed E-state index contributed by atoms with van der Waals surface area (Å²) in [6, 6.07) is 8.19. The van der Waals surface area contributed by atoms with Crippen LogP contribution in [0.15, 0.2) is 24.3 Å². The van der Waals surface area contributed by atoms with Gasteiger partial charge in [-0.1, -0.05) is 18.2 Å². The molecular formula is C14H19NO. The first-order valence-electron chi connectivity index (χ1n) is 5.85. The Morgan fingerprint density at radius 3 is 2.50 bits per heavy atom. The second kappa shape index (κ2) is 3.62. The number of hydrogen-bond acceptors (Lipinski definition) is 1. The first-order chi connectivity index (χ1) is 7.43. The molecule has 1 aliphatic rings. The summed E-state index contributed by atoms with van der Waals surface area (Å²) in [5, 5.41) is 0. The quantitative estimate of drug-likeness (QED) is 0.708. The van der Waals surface area contributed by atoms with Crippen LogP contribution >= 0.6 is 0 Å². The number of nitrogens with zero attached hydrogens (tertiary/aromatic N) is 1. The van der Waals surface area contributed by atoms with Crippen molar-refractivity contribution in [2.24, 2.45) is 0 Å². The Kier molecular flexibility index (Phi) is 2.53. The Morgan fingerprint density at radius 1 is 1.25 bits per heavy atom. The molecule has 0 saturated heterocycles. The molecule has 0 fully saturated rings. The summed E-state index contributed by atoms with van der Waals surface area (Å²) in [5.41, 5.74) is 1.96. The fraction of sp³-hybridized carbons (Fsp3) is 0.500. The van der Waals surface area contributed by atoms with Gasteiger partial charge in [0.2, 0.25) is 0 Å². The van der Waals surface area contributed by atoms with Gasteiger partial charge < -0.3 is 4.90 Å². The minimum absolute atomic E-state index is 0.0837. The molecule has 0 spiro atoms. The molecule has 0 saturated carbocycles. The van der Waals surface area contributed by atoms with Gasteiger partial charge in [-0.15, -0.1) is 0 Å². The Hall–Kier alpha value is -1.31. The molecule has 0 radical (unpaired) electrons. The van der Waals surface area contributed by atoms with Crippen LogP contribution in [0.4, 0.5) is 0 Å². The first-order valence-corrected chi connectivity index (χ1v) is 5.85. The van der Waals surface area contributed by atoms with E-state index in [1.807, 2.05) is 23.1 Å². The van der Waals surface area contributed by atoms with Crippen molar-refractivity contribution in [3.05, 3.63) is 35.4 Å². The highest BCUT2D eigenvalue weighted by Crippen LogP contribution is 2.31. The fourth-order valence-corrected chi connectivity index (χ4v) is 2.77. The van der Waals surface area contributed by atoms with E-state index in [0.717, 1.165) is 12.0 Å². The van der Waals surface area contributed by atoms with Crippen molar-refractivity contribution in [3.63, 3.8) is 0 Å². The van der Waals surface area contributed by atoms with Gasteiger partial charge in [0.05, 0.1) is 0 Å². The summed E-state index contributed by atoms with van der Waals surface area (Å²) in [6.45, 7) is 8.43. The molecule has 0 N–H and O–H groups in total. The van der Waals surface area contributed by atoms with Crippen molar-refractivity contribution in [2.75, 3.05) is 0 Å². The van der Waals surface area contributed by atoms with Gasteiger partial charge in [0.15, 0.2) is 0 Å². The van der Waals surface area contributed by atoms with Gasteiger partial charge in [-0.05, 0) is 45.7 Å². The molecule has 0 atom stereocenters. The average Bonchev–Trinajstić information content (AvgIpc) is 2.15.